The summed E-state index contributed by atoms with van der Waals surface area (Å²) in [7, 11) is 1.63. The molecule has 0 heterocycles. The van der Waals surface area contributed by atoms with Crippen molar-refractivity contribution in [3.8, 4) is 0 Å². The number of nitrogens with one attached hydrogen (secondary N) is 1. The van der Waals surface area contributed by atoms with Crippen molar-refractivity contribution in [2.24, 2.45) is 0 Å². The summed E-state index contributed by atoms with van der Waals surface area (Å²) >= 11 is 7.39. The molecule has 2 aromatic carbocycles. The summed E-state index contributed by atoms with van der Waals surface area (Å²) in [5.74, 6) is -0.0768. The molecule has 0 bridgehead atoms. The third-order valence-corrected chi connectivity index (χ3v) is 3.74. The van der Waals surface area contributed by atoms with Gasteiger partial charge in [0.25, 0.3) is 5.91 Å². The molecule has 0 fully saturated rings. The third kappa shape index (κ3) is 3.06. The van der Waals surface area contributed by atoms with Crippen LogP contribution in [0.2, 0.25) is 5.02 Å². The van der Waals surface area contributed by atoms with Gasteiger partial charge in [0.15, 0.2) is 0 Å². The second-order valence-corrected chi connectivity index (χ2v) is 5.18. The van der Waals surface area contributed by atoms with E-state index in [2.05, 4.69) is 5.32 Å². The molecule has 0 aliphatic heterocycles. The Morgan fingerprint density at radius 2 is 1.78 bits per heavy atom. The number of amides is 1. The predicted molar refractivity (Wildman–Crippen MR) is 75.4 cm³/mol. The third-order valence-electron chi connectivity index (χ3n) is 2.40. The van der Waals surface area contributed by atoms with Gasteiger partial charge in [-0.2, -0.15) is 0 Å². The lowest BCUT2D eigenvalue weighted by atomic mass is 10.2. The highest BCUT2D eigenvalue weighted by atomic mass is 35.5. The summed E-state index contributed by atoms with van der Waals surface area (Å²) in [5, 5.41) is 3.35. The van der Waals surface area contributed by atoms with Gasteiger partial charge in [-0.15, -0.1) is 0 Å². The van der Waals surface area contributed by atoms with E-state index in [4.69, 9.17) is 11.6 Å². The van der Waals surface area contributed by atoms with E-state index in [1.54, 1.807) is 18.8 Å². The highest BCUT2D eigenvalue weighted by Gasteiger charge is 2.09. The van der Waals surface area contributed by atoms with E-state index < -0.39 is 0 Å². The smallest absolute Gasteiger partial charge is 0.252 e. The molecule has 0 saturated carbocycles. The lowest BCUT2D eigenvalue weighted by Crippen LogP contribution is -2.18. The van der Waals surface area contributed by atoms with Gasteiger partial charge in [-0.25, -0.2) is 0 Å². The maximum absolute atomic E-state index is 11.7. The van der Waals surface area contributed by atoms with Crippen LogP contribution >= 0.6 is 23.4 Å². The molecule has 2 nitrogen and oxygen atoms in total. The molecule has 0 aromatic heterocycles. The summed E-state index contributed by atoms with van der Waals surface area (Å²) in [6, 6.07) is 15.1. The molecule has 0 radical (unpaired) electrons. The largest absolute Gasteiger partial charge is 0.355 e. The minimum atomic E-state index is -0.0768. The van der Waals surface area contributed by atoms with Crippen molar-refractivity contribution >= 4 is 29.3 Å². The SMILES string of the molecule is CNC(=O)c1ccccc1Sc1ccc(Cl)cc1. The first-order valence-electron chi connectivity index (χ1n) is 5.45. The van der Waals surface area contributed by atoms with Crippen molar-refractivity contribution in [3.63, 3.8) is 0 Å². The molecule has 0 atom stereocenters. The van der Waals surface area contributed by atoms with Gasteiger partial charge in [0.1, 0.15) is 0 Å². The van der Waals surface area contributed by atoms with Crippen LogP contribution < -0.4 is 5.32 Å². The fourth-order valence-electron chi connectivity index (χ4n) is 1.51. The quantitative estimate of drug-likeness (QED) is 0.923. The summed E-state index contributed by atoms with van der Waals surface area (Å²) in [4.78, 5) is 13.7. The van der Waals surface area contributed by atoms with Crippen LogP contribution in [0.3, 0.4) is 0 Å². The van der Waals surface area contributed by atoms with Crippen LogP contribution in [-0.4, -0.2) is 13.0 Å². The zero-order valence-corrected chi connectivity index (χ0v) is 11.4. The number of hydrogen-bond acceptors (Lipinski definition) is 2. The van der Waals surface area contributed by atoms with E-state index in [1.807, 2.05) is 48.5 Å². The van der Waals surface area contributed by atoms with Gasteiger partial charge in [-0.05, 0) is 36.4 Å². The summed E-state index contributed by atoms with van der Waals surface area (Å²) in [6.07, 6.45) is 0. The summed E-state index contributed by atoms with van der Waals surface area (Å²) in [5.41, 5.74) is 0.681. The molecule has 92 valence electrons. The summed E-state index contributed by atoms with van der Waals surface area (Å²) in [6.45, 7) is 0. The van der Waals surface area contributed by atoms with E-state index in [9.17, 15) is 4.79 Å². The van der Waals surface area contributed by atoms with E-state index in [0.717, 1.165) is 9.79 Å². The maximum atomic E-state index is 11.7. The monoisotopic (exact) mass is 277 g/mol. The Kier molecular flexibility index (Phi) is 4.28. The second kappa shape index (κ2) is 5.94. The molecule has 2 rings (SSSR count). The Morgan fingerprint density at radius 1 is 1.11 bits per heavy atom. The molecule has 1 amide bonds. The Balaban J connectivity index is 2.28. The first-order chi connectivity index (χ1) is 8.70. The lowest BCUT2D eigenvalue weighted by Gasteiger charge is -2.07. The average molecular weight is 278 g/mol. The first-order valence-corrected chi connectivity index (χ1v) is 6.64. The molecular formula is C14H12ClNOS. The molecule has 0 aliphatic rings. The molecule has 4 heteroatoms. The highest BCUT2D eigenvalue weighted by Crippen LogP contribution is 2.31. The van der Waals surface area contributed by atoms with Crippen LogP contribution in [0.1, 0.15) is 10.4 Å². The first kappa shape index (κ1) is 13.0. The van der Waals surface area contributed by atoms with Gasteiger partial charge < -0.3 is 5.32 Å². The topological polar surface area (TPSA) is 29.1 Å². The summed E-state index contributed by atoms with van der Waals surface area (Å²) < 4.78 is 0. The number of rotatable bonds is 3. The normalized spacial score (nSPS) is 10.1. The Bertz CT molecular complexity index is 554. The van der Waals surface area contributed by atoms with Crippen molar-refractivity contribution in [1.29, 1.82) is 0 Å². The number of halogens is 1. The van der Waals surface area contributed by atoms with Crippen molar-refractivity contribution < 1.29 is 4.79 Å². The molecule has 0 aliphatic carbocycles. The number of carbonyl (C=O) groups is 1. The number of hydrogen-bond donors (Lipinski definition) is 1. The Hall–Kier alpha value is -1.45. The van der Waals surface area contributed by atoms with Gasteiger partial charge in [0.2, 0.25) is 0 Å². The molecule has 0 saturated heterocycles. The van der Waals surface area contributed by atoms with Gasteiger partial charge in [0, 0.05) is 21.9 Å². The zero-order valence-electron chi connectivity index (χ0n) is 9.81. The molecule has 2 aromatic rings. The van der Waals surface area contributed by atoms with Gasteiger partial charge in [-0.1, -0.05) is 35.5 Å². The van der Waals surface area contributed by atoms with Crippen molar-refractivity contribution in [1.82, 2.24) is 5.32 Å². The van der Waals surface area contributed by atoms with Crippen LogP contribution in [0.25, 0.3) is 0 Å². The molecule has 0 spiro atoms. The maximum Gasteiger partial charge on any atom is 0.252 e. The molecular weight excluding hydrogens is 266 g/mol. The Morgan fingerprint density at radius 3 is 2.44 bits per heavy atom. The van der Waals surface area contributed by atoms with E-state index in [1.165, 1.54) is 0 Å². The second-order valence-electron chi connectivity index (χ2n) is 3.63. The van der Waals surface area contributed by atoms with E-state index in [0.29, 0.717) is 10.6 Å². The average Bonchev–Trinajstić information content (AvgIpc) is 2.41. The Labute approximate surface area is 115 Å². The van der Waals surface area contributed by atoms with Gasteiger partial charge in [-0.3, -0.25) is 4.79 Å². The van der Waals surface area contributed by atoms with Crippen LogP contribution in [0.4, 0.5) is 0 Å². The van der Waals surface area contributed by atoms with Crippen LogP contribution in [0.5, 0.6) is 0 Å². The van der Waals surface area contributed by atoms with Crippen molar-refractivity contribution in [2.45, 2.75) is 9.79 Å². The van der Waals surface area contributed by atoms with E-state index >= 15 is 0 Å². The molecule has 1 N–H and O–H groups in total. The minimum absolute atomic E-state index is 0.0768. The fourth-order valence-corrected chi connectivity index (χ4v) is 2.58. The predicted octanol–water partition coefficient (Wildman–Crippen LogP) is 3.85. The fraction of sp³-hybridized carbons (Fsp3) is 0.0714. The van der Waals surface area contributed by atoms with Crippen LogP contribution in [0.15, 0.2) is 58.3 Å². The standard InChI is InChI=1S/C14H12ClNOS/c1-16-14(17)12-4-2-3-5-13(12)18-11-8-6-10(15)7-9-11/h2-9H,1H3,(H,16,17). The van der Waals surface area contributed by atoms with Crippen molar-refractivity contribution in [3.05, 3.63) is 59.1 Å². The molecule has 18 heavy (non-hydrogen) atoms. The molecule has 0 unspecified atom stereocenters. The lowest BCUT2D eigenvalue weighted by molar-refractivity contribution is 0.0960. The van der Waals surface area contributed by atoms with Gasteiger partial charge in [0.05, 0.1) is 5.56 Å². The number of carbonyl (C=O) groups excluding carboxylic acids is 1. The minimum Gasteiger partial charge on any atom is -0.355 e. The van der Waals surface area contributed by atoms with Crippen LogP contribution in [-0.2, 0) is 0 Å². The highest BCUT2D eigenvalue weighted by molar-refractivity contribution is 7.99. The van der Waals surface area contributed by atoms with E-state index in [-0.39, 0.29) is 5.91 Å². The number of benzene rings is 2. The van der Waals surface area contributed by atoms with Crippen molar-refractivity contribution in [2.75, 3.05) is 7.05 Å². The zero-order chi connectivity index (χ0) is 13.0. The van der Waals surface area contributed by atoms with Crippen LogP contribution in [0, 0.1) is 0 Å². The van der Waals surface area contributed by atoms with Gasteiger partial charge >= 0.3 is 0 Å².